The summed E-state index contributed by atoms with van der Waals surface area (Å²) in [7, 11) is 0. The van der Waals surface area contributed by atoms with Gasteiger partial charge in [-0.05, 0) is 0 Å². The average molecular weight is 219 g/mol. The van der Waals surface area contributed by atoms with Crippen LogP contribution in [0.2, 0.25) is 0 Å². The molecular weight excluding hydrogens is 211 g/mol. The molecule has 0 saturated heterocycles. The number of halogens is 3. The van der Waals surface area contributed by atoms with Gasteiger partial charge in [0.25, 0.3) is 0 Å². The van der Waals surface area contributed by atoms with Gasteiger partial charge in [0, 0.05) is 6.07 Å². The van der Waals surface area contributed by atoms with E-state index in [4.69, 9.17) is 10.5 Å². The number of ether oxygens (including phenoxy) is 1. The second kappa shape index (κ2) is 4.16. The molecule has 2 N–H and O–H groups in total. The van der Waals surface area contributed by atoms with Gasteiger partial charge in [0.1, 0.15) is 6.61 Å². The minimum Gasteiger partial charge on any atom is -0.473 e. The summed E-state index contributed by atoms with van der Waals surface area (Å²) in [5.74, 6) is -0.710. The lowest BCUT2D eigenvalue weighted by atomic mass is 10.4. The van der Waals surface area contributed by atoms with E-state index < -0.39 is 17.8 Å². The fourth-order valence-electron chi connectivity index (χ4n) is 0.806. The van der Waals surface area contributed by atoms with Crippen LogP contribution in [0.4, 0.5) is 19.1 Å². The molecule has 0 amide bonds. The van der Waals surface area contributed by atoms with E-state index in [2.05, 4.69) is 16.5 Å². The van der Waals surface area contributed by atoms with Crippen molar-refractivity contribution in [3.05, 3.63) is 24.4 Å². The van der Waals surface area contributed by atoms with Crippen molar-refractivity contribution >= 4 is 5.95 Å². The van der Waals surface area contributed by atoms with Gasteiger partial charge in [-0.2, -0.15) is 18.2 Å². The summed E-state index contributed by atoms with van der Waals surface area (Å²) in [5, 5.41) is 0. The number of hydrogen-bond acceptors (Lipinski definition) is 4. The van der Waals surface area contributed by atoms with E-state index in [-0.39, 0.29) is 12.5 Å². The quantitative estimate of drug-likeness (QED) is 0.785. The van der Waals surface area contributed by atoms with Crippen LogP contribution in [0.25, 0.3) is 0 Å². The minimum atomic E-state index is -4.57. The molecule has 15 heavy (non-hydrogen) atoms. The van der Waals surface area contributed by atoms with Crippen LogP contribution in [0.1, 0.15) is 5.69 Å². The Morgan fingerprint density at radius 1 is 1.47 bits per heavy atom. The summed E-state index contributed by atoms with van der Waals surface area (Å²) < 4.78 is 41.6. The molecule has 0 bridgehead atoms. The summed E-state index contributed by atoms with van der Waals surface area (Å²) >= 11 is 0. The van der Waals surface area contributed by atoms with Crippen LogP contribution in [-0.4, -0.2) is 16.6 Å². The molecule has 0 unspecified atom stereocenters. The van der Waals surface area contributed by atoms with Crippen LogP contribution in [0.15, 0.2) is 18.7 Å². The van der Waals surface area contributed by atoms with Crippen LogP contribution in [0.5, 0.6) is 5.88 Å². The number of nitrogen functional groups attached to an aromatic ring is 1. The van der Waals surface area contributed by atoms with Gasteiger partial charge in [-0.25, -0.2) is 4.98 Å². The smallest absolute Gasteiger partial charge is 0.433 e. The first-order chi connectivity index (χ1) is 6.93. The van der Waals surface area contributed by atoms with Crippen molar-refractivity contribution in [3.63, 3.8) is 0 Å². The Labute approximate surface area is 83.6 Å². The van der Waals surface area contributed by atoms with Crippen molar-refractivity contribution in [2.24, 2.45) is 0 Å². The molecule has 4 nitrogen and oxygen atoms in total. The van der Waals surface area contributed by atoms with Gasteiger partial charge in [-0.3, -0.25) is 0 Å². The maximum atomic E-state index is 12.2. The first-order valence-corrected chi connectivity index (χ1v) is 3.89. The molecule has 0 aliphatic carbocycles. The molecule has 82 valence electrons. The maximum Gasteiger partial charge on any atom is 0.433 e. The molecule has 0 radical (unpaired) electrons. The lowest BCUT2D eigenvalue weighted by Gasteiger charge is -2.08. The summed E-state index contributed by atoms with van der Waals surface area (Å²) in [4.78, 5) is 6.53. The minimum absolute atomic E-state index is 0.0494. The average Bonchev–Trinajstić information content (AvgIpc) is 2.12. The van der Waals surface area contributed by atoms with Gasteiger partial charge < -0.3 is 10.5 Å². The zero-order valence-corrected chi connectivity index (χ0v) is 7.58. The Hall–Kier alpha value is -1.79. The molecule has 1 aromatic rings. The van der Waals surface area contributed by atoms with Crippen molar-refractivity contribution in [1.29, 1.82) is 0 Å². The van der Waals surface area contributed by atoms with Crippen molar-refractivity contribution < 1.29 is 17.9 Å². The van der Waals surface area contributed by atoms with Crippen LogP contribution in [0.3, 0.4) is 0 Å². The zero-order valence-electron chi connectivity index (χ0n) is 7.58. The number of anilines is 1. The van der Waals surface area contributed by atoms with Crippen LogP contribution in [0, 0.1) is 0 Å². The first-order valence-electron chi connectivity index (χ1n) is 3.89. The normalized spacial score (nSPS) is 11.1. The van der Waals surface area contributed by atoms with Gasteiger partial charge in [-0.1, -0.05) is 12.7 Å². The highest BCUT2D eigenvalue weighted by Gasteiger charge is 2.33. The SMILES string of the molecule is C=CCOc1cc(C(F)(F)F)nc(N)n1. The maximum absolute atomic E-state index is 12.2. The van der Waals surface area contributed by atoms with Crippen LogP contribution >= 0.6 is 0 Å². The predicted octanol–water partition coefficient (Wildman–Crippen LogP) is 1.64. The van der Waals surface area contributed by atoms with Crippen LogP contribution in [-0.2, 0) is 6.18 Å². The Balaban J connectivity index is 3.00. The number of rotatable bonds is 3. The largest absolute Gasteiger partial charge is 0.473 e. The second-order valence-electron chi connectivity index (χ2n) is 2.55. The molecule has 0 fully saturated rings. The third-order valence-electron chi connectivity index (χ3n) is 1.36. The van der Waals surface area contributed by atoms with Gasteiger partial charge in [0.05, 0.1) is 0 Å². The van der Waals surface area contributed by atoms with E-state index in [1.807, 2.05) is 0 Å². The number of nitrogens with zero attached hydrogens (tertiary/aromatic N) is 2. The van der Waals surface area contributed by atoms with E-state index in [1.165, 1.54) is 6.08 Å². The molecule has 1 aromatic heterocycles. The fraction of sp³-hybridized carbons (Fsp3) is 0.250. The number of aromatic nitrogens is 2. The number of alkyl halides is 3. The van der Waals surface area contributed by atoms with Crippen molar-refractivity contribution in [1.82, 2.24) is 9.97 Å². The number of nitrogens with two attached hydrogens (primary N) is 1. The molecule has 7 heteroatoms. The Kier molecular flexibility index (Phi) is 3.13. The van der Waals surface area contributed by atoms with Crippen molar-refractivity contribution in [2.75, 3.05) is 12.3 Å². The monoisotopic (exact) mass is 219 g/mol. The zero-order chi connectivity index (χ0) is 11.5. The van der Waals surface area contributed by atoms with Crippen molar-refractivity contribution in [2.45, 2.75) is 6.18 Å². The molecule has 1 heterocycles. The molecule has 0 saturated carbocycles. The van der Waals surface area contributed by atoms with Crippen molar-refractivity contribution in [3.8, 4) is 5.88 Å². The first kappa shape index (κ1) is 11.3. The summed E-state index contributed by atoms with van der Waals surface area (Å²) in [5.41, 5.74) is 3.97. The van der Waals surface area contributed by atoms with E-state index in [0.29, 0.717) is 6.07 Å². The van der Waals surface area contributed by atoms with E-state index in [0.717, 1.165) is 0 Å². The Bertz CT molecular complexity index is 365. The molecule has 0 aliphatic rings. The van der Waals surface area contributed by atoms with Gasteiger partial charge in [0.2, 0.25) is 11.8 Å². The molecule has 1 rings (SSSR count). The summed E-state index contributed by atoms with van der Waals surface area (Å²) in [6.07, 6.45) is -3.19. The molecular formula is C8H8F3N3O. The Morgan fingerprint density at radius 3 is 2.67 bits per heavy atom. The Morgan fingerprint density at radius 2 is 2.13 bits per heavy atom. The lowest BCUT2D eigenvalue weighted by Crippen LogP contribution is -2.11. The predicted molar refractivity (Wildman–Crippen MR) is 47.1 cm³/mol. The lowest BCUT2D eigenvalue weighted by molar-refractivity contribution is -0.141. The third-order valence-corrected chi connectivity index (χ3v) is 1.36. The summed E-state index contributed by atoms with van der Waals surface area (Å²) in [6, 6.07) is 0.680. The third kappa shape index (κ3) is 3.12. The van der Waals surface area contributed by atoms with Gasteiger partial charge >= 0.3 is 6.18 Å². The highest BCUT2D eigenvalue weighted by Crippen LogP contribution is 2.29. The molecule has 0 spiro atoms. The van der Waals surface area contributed by atoms with Crippen LogP contribution < -0.4 is 10.5 Å². The molecule has 0 aliphatic heterocycles. The highest BCUT2D eigenvalue weighted by atomic mass is 19.4. The van der Waals surface area contributed by atoms with Gasteiger partial charge in [0.15, 0.2) is 5.69 Å². The molecule has 0 atom stereocenters. The topological polar surface area (TPSA) is 61.0 Å². The number of hydrogen-bond donors (Lipinski definition) is 1. The second-order valence-corrected chi connectivity index (χ2v) is 2.55. The van der Waals surface area contributed by atoms with E-state index in [1.54, 1.807) is 0 Å². The van der Waals surface area contributed by atoms with E-state index >= 15 is 0 Å². The van der Waals surface area contributed by atoms with Gasteiger partial charge in [-0.15, -0.1) is 0 Å². The highest BCUT2D eigenvalue weighted by molar-refractivity contribution is 5.27. The van der Waals surface area contributed by atoms with E-state index in [9.17, 15) is 13.2 Å². The standard InChI is InChI=1S/C8H8F3N3O/c1-2-3-15-6-4-5(8(9,10)11)13-7(12)14-6/h2,4H,1,3H2,(H2,12,13,14). The summed E-state index contributed by atoms with van der Waals surface area (Å²) in [6.45, 7) is 3.40. The fourth-order valence-corrected chi connectivity index (χ4v) is 0.806. The molecule has 0 aromatic carbocycles.